The molecule has 0 amide bonds. The van der Waals surface area contributed by atoms with Crippen LogP contribution in [-0.4, -0.2) is 44.0 Å². The Balaban J connectivity index is 2.39. The standard InChI is InChI=1S/C15H29NO2/c1-13(2)18-9-8-16(4)11-15(12-17)7-5-6-14(3)10-15/h12-14H,5-11H2,1-4H3. The molecule has 2 atom stereocenters. The summed E-state index contributed by atoms with van der Waals surface area (Å²) >= 11 is 0. The zero-order chi connectivity index (χ0) is 13.6. The summed E-state index contributed by atoms with van der Waals surface area (Å²) in [7, 11) is 2.09. The van der Waals surface area contributed by atoms with E-state index in [1.54, 1.807) is 0 Å². The number of hydrogen-bond donors (Lipinski definition) is 0. The smallest absolute Gasteiger partial charge is 0.127 e. The summed E-state index contributed by atoms with van der Waals surface area (Å²) < 4.78 is 5.56. The molecule has 0 spiro atoms. The summed E-state index contributed by atoms with van der Waals surface area (Å²) in [6, 6.07) is 0. The number of ether oxygens (including phenoxy) is 1. The van der Waals surface area contributed by atoms with Crippen LogP contribution < -0.4 is 0 Å². The van der Waals surface area contributed by atoms with Gasteiger partial charge < -0.3 is 14.4 Å². The Kier molecular flexibility index (Phi) is 6.30. The number of hydrogen-bond acceptors (Lipinski definition) is 3. The van der Waals surface area contributed by atoms with Crippen LogP contribution in [0.25, 0.3) is 0 Å². The molecule has 0 aromatic heterocycles. The van der Waals surface area contributed by atoms with Gasteiger partial charge in [0, 0.05) is 18.5 Å². The maximum Gasteiger partial charge on any atom is 0.127 e. The highest BCUT2D eigenvalue weighted by atomic mass is 16.5. The first-order chi connectivity index (χ1) is 8.47. The van der Waals surface area contributed by atoms with E-state index in [9.17, 15) is 4.79 Å². The highest BCUT2D eigenvalue weighted by Crippen LogP contribution is 2.38. The van der Waals surface area contributed by atoms with Crippen LogP contribution in [0.1, 0.15) is 46.5 Å². The van der Waals surface area contributed by atoms with Crippen molar-refractivity contribution in [3.63, 3.8) is 0 Å². The molecule has 0 heterocycles. The van der Waals surface area contributed by atoms with E-state index >= 15 is 0 Å². The SMILES string of the molecule is CC1CCCC(C=O)(CN(C)CCOC(C)C)C1. The van der Waals surface area contributed by atoms with Gasteiger partial charge in [-0.2, -0.15) is 0 Å². The lowest BCUT2D eigenvalue weighted by molar-refractivity contribution is -0.120. The van der Waals surface area contributed by atoms with Crippen LogP contribution in [-0.2, 0) is 9.53 Å². The highest BCUT2D eigenvalue weighted by Gasteiger charge is 2.35. The summed E-state index contributed by atoms with van der Waals surface area (Å²) in [6.45, 7) is 8.90. The fourth-order valence-electron chi connectivity index (χ4n) is 3.05. The molecule has 0 radical (unpaired) electrons. The molecule has 0 saturated heterocycles. The van der Waals surface area contributed by atoms with Crippen molar-refractivity contribution in [1.29, 1.82) is 0 Å². The predicted octanol–water partition coefficient (Wildman–Crippen LogP) is 2.74. The summed E-state index contributed by atoms with van der Waals surface area (Å²) in [4.78, 5) is 13.7. The fourth-order valence-corrected chi connectivity index (χ4v) is 3.05. The van der Waals surface area contributed by atoms with Crippen molar-refractivity contribution in [2.75, 3.05) is 26.7 Å². The zero-order valence-electron chi connectivity index (χ0n) is 12.4. The van der Waals surface area contributed by atoms with Crippen LogP contribution in [0.3, 0.4) is 0 Å². The third kappa shape index (κ3) is 5.07. The van der Waals surface area contributed by atoms with Gasteiger partial charge in [0.15, 0.2) is 0 Å². The second-order valence-corrected chi connectivity index (χ2v) is 6.34. The molecule has 3 heteroatoms. The fraction of sp³-hybridized carbons (Fsp3) is 0.933. The lowest BCUT2D eigenvalue weighted by atomic mass is 9.71. The number of nitrogens with zero attached hydrogens (tertiary/aromatic N) is 1. The van der Waals surface area contributed by atoms with Crippen molar-refractivity contribution < 1.29 is 9.53 Å². The average Bonchev–Trinajstić information content (AvgIpc) is 2.28. The Labute approximate surface area is 112 Å². The van der Waals surface area contributed by atoms with Gasteiger partial charge in [-0.3, -0.25) is 0 Å². The van der Waals surface area contributed by atoms with Crippen LogP contribution in [0.4, 0.5) is 0 Å². The molecule has 0 aliphatic heterocycles. The van der Waals surface area contributed by atoms with Gasteiger partial charge in [0.1, 0.15) is 6.29 Å². The van der Waals surface area contributed by atoms with Crippen molar-refractivity contribution in [2.24, 2.45) is 11.3 Å². The first-order valence-electron chi connectivity index (χ1n) is 7.24. The minimum absolute atomic E-state index is 0.107. The molecule has 106 valence electrons. The molecule has 3 nitrogen and oxygen atoms in total. The van der Waals surface area contributed by atoms with Crippen LogP contribution in [0.15, 0.2) is 0 Å². The molecule has 2 unspecified atom stereocenters. The van der Waals surface area contributed by atoms with E-state index in [1.807, 2.05) is 0 Å². The summed E-state index contributed by atoms with van der Waals surface area (Å²) in [5.74, 6) is 0.685. The minimum atomic E-state index is -0.107. The van der Waals surface area contributed by atoms with Gasteiger partial charge in [-0.25, -0.2) is 0 Å². The molecule has 0 aromatic rings. The van der Waals surface area contributed by atoms with Crippen molar-refractivity contribution in [2.45, 2.75) is 52.6 Å². The van der Waals surface area contributed by atoms with Crippen LogP contribution >= 0.6 is 0 Å². The Morgan fingerprint density at radius 1 is 1.50 bits per heavy atom. The number of aldehydes is 1. The largest absolute Gasteiger partial charge is 0.377 e. The summed E-state index contributed by atoms with van der Waals surface area (Å²) in [5.41, 5.74) is -0.107. The van der Waals surface area contributed by atoms with Gasteiger partial charge in [-0.05, 0) is 39.7 Å². The highest BCUT2D eigenvalue weighted by molar-refractivity contribution is 5.60. The monoisotopic (exact) mass is 255 g/mol. The van der Waals surface area contributed by atoms with Crippen molar-refractivity contribution in [3.8, 4) is 0 Å². The predicted molar refractivity (Wildman–Crippen MR) is 74.7 cm³/mol. The normalized spacial score (nSPS) is 28.9. The van der Waals surface area contributed by atoms with Crippen LogP contribution in [0.2, 0.25) is 0 Å². The molecule has 0 N–H and O–H groups in total. The lowest BCUT2D eigenvalue weighted by Gasteiger charge is -2.38. The van der Waals surface area contributed by atoms with Crippen LogP contribution in [0.5, 0.6) is 0 Å². The Morgan fingerprint density at radius 3 is 2.78 bits per heavy atom. The molecule has 0 aromatic carbocycles. The Morgan fingerprint density at radius 2 is 2.22 bits per heavy atom. The number of likely N-dealkylation sites (N-methyl/N-ethyl adjacent to an activating group) is 1. The second kappa shape index (κ2) is 7.25. The number of carbonyl (C=O) groups is 1. The maximum atomic E-state index is 11.5. The van der Waals surface area contributed by atoms with E-state index in [0.29, 0.717) is 5.92 Å². The van der Waals surface area contributed by atoms with E-state index in [2.05, 4.69) is 32.7 Å². The molecule has 0 bridgehead atoms. The molecule has 1 saturated carbocycles. The van der Waals surface area contributed by atoms with Gasteiger partial charge in [-0.1, -0.05) is 19.8 Å². The summed E-state index contributed by atoms with van der Waals surface area (Å²) in [6.07, 6.45) is 6.06. The third-order valence-corrected chi connectivity index (χ3v) is 3.89. The lowest BCUT2D eigenvalue weighted by Crippen LogP contribution is -2.41. The summed E-state index contributed by atoms with van der Waals surface area (Å²) in [5, 5.41) is 0. The second-order valence-electron chi connectivity index (χ2n) is 6.34. The van der Waals surface area contributed by atoms with E-state index < -0.39 is 0 Å². The first-order valence-corrected chi connectivity index (χ1v) is 7.24. The molecular formula is C15H29NO2. The van der Waals surface area contributed by atoms with E-state index in [1.165, 1.54) is 19.1 Å². The maximum absolute atomic E-state index is 11.5. The van der Waals surface area contributed by atoms with Gasteiger partial charge in [-0.15, -0.1) is 0 Å². The van der Waals surface area contributed by atoms with E-state index in [-0.39, 0.29) is 11.5 Å². The molecular weight excluding hydrogens is 226 g/mol. The molecule has 1 aliphatic rings. The Hall–Kier alpha value is -0.410. The third-order valence-electron chi connectivity index (χ3n) is 3.89. The van der Waals surface area contributed by atoms with Crippen molar-refractivity contribution in [3.05, 3.63) is 0 Å². The first kappa shape index (κ1) is 15.6. The molecule has 1 fully saturated rings. The van der Waals surface area contributed by atoms with Crippen molar-refractivity contribution in [1.82, 2.24) is 4.90 Å². The van der Waals surface area contributed by atoms with E-state index in [4.69, 9.17) is 4.74 Å². The Bertz CT molecular complexity index is 255. The molecule has 18 heavy (non-hydrogen) atoms. The van der Waals surface area contributed by atoms with Gasteiger partial charge >= 0.3 is 0 Å². The van der Waals surface area contributed by atoms with Crippen molar-refractivity contribution >= 4 is 6.29 Å². The van der Waals surface area contributed by atoms with Crippen LogP contribution in [0, 0.1) is 11.3 Å². The minimum Gasteiger partial charge on any atom is -0.377 e. The van der Waals surface area contributed by atoms with Gasteiger partial charge in [0.2, 0.25) is 0 Å². The average molecular weight is 255 g/mol. The number of carbonyl (C=O) groups excluding carboxylic acids is 1. The molecule has 1 aliphatic carbocycles. The zero-order valence-corrected chi connectivity index (χ0v) is 12.4. The number of rotatable bonds is 7. The van der Waals surface area contributed by atoms with E-state index in [0.717, 1.165) is 32.5 Å². The quantitative estimate of drug-likeness (QED) is 0.655. The topological polar surface area (TPSA) is 29.5 Å². The molecule has 1 rings (SSSR count). The van der Waals surface area contributed by atoms with Gasteiger partial charge in [0.05, 0.1) is 12.7 Å². The van der Waals surface area contributed by atoms with Gasteiger partial charge in [0.25, 0.3) is 0 Å².